The number of rotatable bonds is 5. The van der Waals surface area contributed by atoms with E-state index < -0.39 is 21.9 Å². The van der Waals surface area contributed by atoms with E-state index in [0.717, 1.165) is 0 Å². The number of urea groups is 1. The minimum absolute atomic E-state index is 0.0901. The van der Waals surface area contributed by atoms with E-state index in [-0.39, 0.29) is 37.2 Å². The third-order valence-electron chi connectivity index (χ3n) is 3.10. The standard InChI is InChI=1S/C10H19N3O5S/c1-7-5-13(6-8(7)9(14)15)10(16)12-3-2-4-19(11,17)18/h7-8H,2-6H2,1H3,(H,12,16)(H,14,15)(H2,11,17,18). The van der Waals surface area contributed by atoms with Gasteiger partial charge in [-0.2, -0.15) is 0 Å². The Balaban J connectivity index is 2.34. The number of carboxylic acids is 1. The van der Waals surface area contributed by atoms with E-state index >= 15 is 0 Å². The van der Waals surface area contributed by atoms with Crippen LogP contribution in [0.3, 0.4) is 0 Å². The van der Waals surface area contributed by atoms with Crippen LogP contribution in [-0.2, 0) is 14.8 Å². The number of hydrogen-bond donors (Lipinski definition) is 3. The molecule has 1 rings (SSSR count). The van der Waals surface area contributed by atoms with Crippen LogP contribution in [0.25, 0.3) is 0 Å². The predicted molar refractivity (Wildman–Crippen MR) is 67.9 cm³/mol. The van der Waals surface area contributed by atoms with Crippen LogP contribution in [0.2, 0.25) is 0 Å². The Morgan fingerprint density at radius 3 is 2.53 bits per heavy atom. The Kier molecular flexibility index (Phi) is 5.12. The Morgan fingerprint density at radius 2 is 2.05 bits per heavy atom. The maximum Gasteiger partial charge on any atom is 0.317 e. The molecule has 1 saturated heterocycles. The number of primary sulfonamides is 1. The lowest BCUT2D eigenvalue weighted by Crippen LogP contribution is -2.39. The average Bonchev–Trinajstić information content (AvgIpc) is 2.65. The second-order valence-electron chi connectivity index (χ2n) is 4.78. The molecule has 1 aliphatic rings. The molecule has 0 aromatic heterocycles. The number of nitrogens with two attached hydrogens (primary N) is 1. The summed E-state index contributed by atoms with van der Waals surface area (Å²) in [7, 11) is -3.51. The summed E-state index contributed by atoms with van der Waals surface area (Å²) in [5.74, 6) is -1.73. The van der Waals surface area contributed by atoms with E-state index in [1.165, 1.54) is 4.90 Å². The monoisotopic (exact) mass is 293 g/mol. The lowest BCUT2D eigenvalue weighted by molar-refractivity contribution is -0.142. The first-order valence-corrected chi connectivity index (χ1v) is 7.68. The van der Waals surface area contributed by atoms with Gasteiger partial charge in [0.25, 0.3) is 0 Å². The van der Waals surface area contributed by atoms with Gasteiger partial charge in [-0.25, -0.2) is 18.4 Å². The largest absolute Gasteiger partial charge is 0.481 e. The molecule has 0 spiro atoms. The Hall–Kier alpha value is -1.35. The van der Waals surface area contributed by atoms with Crippen molar-refractivity contribution in [1.82, 2.24) is 10.2 Å². The molecule has 2 amide bonds. The summed E-state index contributed by atoms with van der Waals surface area (Å²) in [5, 5.41) is 16.3. The molecule has 0 saturated carbocycles. The fourth-order valence-electron chi connectivity index (χ4n) is 2.03. The quantitative estimate of drug-likeness (QED) is 0.561. The van der Waals surface area contributed by atoms with Crippen molar-refractivity contribution in [3.63, 3.8) is 0 Å². The molecule has 2 atom stereocenters. The topological polar surface area (TPSA) is 130 Å². The Morgan fingerprint density at radius 1 is 1.42 bits per heavy atom. The van der Waals surface area contributed by atoms with Gasteiger partial charge in [0.05, 0.1) is 11.7 Å². The van der Waals surface area contributed by atoms with Crippen molar-refractivity contribution in [1.29, 1.82) is 0 Å². The molecule has 110 valence electrons. The van der Waals surface area contributed by atoms with Gasteiger partial charge in [0, 0.05) is 19.6 Å². The number of nitrogens with zero attached hydrogens (tertiary/aromatic N) is 1. The average molecular weight is 293 g/mol. The zero-order valence-electron chi connectivity index (χ0n) is 10.7. The van der Waals surface area contributed by atoms with Crippen molar-refractivity contribution in [2.24, 2.45) is 17.0 Å². The van der Waals surface area contributed by atoms with Crippen molar-refractivity contribution in [2.75, 3.05) is 25.4 Å². The van der Waals surface area contributed by atoms with E-state index in [4.69, 9.17) is 10.2 Å². The van der Waals surface area contributed by atoms with Gasteiger partial charge in [0.15, 0.2) is 0 Å². The molecule has 1 heterocycles. The first-order chi connectivity index (χ1) is 8.70. The van der Waals surface area contributed by atoms with Gasteiger partial charge in [-0.1, -0.05) is 6.92 Å². The zero-order chi connectivity index (χ0) is 14.6. The van der Waals surface area contributed by atoms with Crippen LogP contribution in [-0.4, -0.2) is 55.8 Å². The second kappa shape index (κ2) is 6.20. The smallest absolute Gasteiger partial charge is 0.317 e. The molecule has 2 unspecified atom stereocenters. The molecule has 4 N–H and O–H groups in total. The molecule has 1 fully saturated rings. The van der Waals surface area contributed by atoms with Gasteiger partial charge >= 0.3 is 12.0 Å². The van der Waals surface area contributed by atoms with E-state index in [9.17, 15) is 18.0 Å². The van der Waals surface area contributed by atoms with Gasteiger partial charge in [0.2, 0.25) is 10.0 Å². The van der Waals surface area contributed by atoms with Crippen LogP contribution in [0.1, 0.15) is 13.3 Å². The molecule has 9 heteroatoms. The first-order valence-electron chi connectivity index (χ1n) is 5.97. The van der Waals surface area contributed by atoms with Crippen molar-refractivity contribution >= 4 is 22.0 Å². The number of carboxylic acid groups (broad SMARTS) is 1. The normalized spacial score (nSPS) is 23.4. The molecule has 0 radical (unpaired) electrons. The van der Waals surface area contributed by atoms with Gasteiger partial charge < -0.3 is 15.3 Å². The molecule has 0 aliphatic carbocycles. The molecule has 8 nitrogen and oxygen atoms in total. The molecule has 1 aliphatic heterocycles. The fraction of sp³-hybridized carbons (Fsp3) is 0.800. The summed E-state index contributed by atoms with van der Waals surface area (Å²) in [6.45, 7) is 2.54. The SMILES string of the molecule is CC1CN(C(=O)NCCCS(N)(=O)=O)CC1C(=O)O. The fourth-order valence-corrected chi connectivity index (χ4v) is 2.58. The second-order valence-corrected chi connectivity index (χ2v) is 6.51. The van der Waals surface area contributed by atoms with Crippen LogP contribution in [0.15, 0.2) is 0 Å². The lowest BCUT2D eigenvalue weighted by Gasteiger charge is -2.16. The highest BCUT2D eigenvalue weighted by Gasteiger charge is 2.36. The number of carbonyl (C=O) groups excluding carboxylic acids is 1. The first kappa shape index (κ1) is 15.7. The number of nitrogens with one attached hydrogen (secondary N) is 1. The van der Waals surface area contributed by atoms with Gasteiger partial charge in [0.1, 0.15) is 0 Å². The minimum Gasteiger partial charge on any atom is -0.481 e. The molecular weight excluding hydrogens is 274 g/mol. The van der Waals surface area contributed by atoms with Crippen LogP contribution in [0.5, 0.6) is 0 Å². The van der Waals surface area contributed by atoms with E-state index in [1.54, 1.807) is 6.92 Å². The predicted octanol–water partition coefficient (Wildman–Crippen LogP) is -0.973. The van der Waals surface area contributed by atoms with E-state index in [0.29, 0.717) is 6.54 Å². The number of carbonyl (C=O) groups is 2. The van der Waals surface area contributed by atoms with E-state index in [2.05, 4.69) is 5.32 Å². The third-order valence-corrected chi connectivity index (χ3v) is 3.96. The van der Waals surface area contributed by atoms with Crippen LogP contribution in [0.4, 0.5) is 4.79 Å². The maximum absolute atomic E-state index is 11.7. The van der Waals surface area contributed by atoms with E-state index in [1.807, 2.05) is 0 Å². The highest BCUT2D eigenvalue weighted by molar-refractivity contribution is 7.89. The van der Waals surface area contributed by atoms with Crippen LogP contribution >= 0.6 is 0 Å². The summed E-state index contributed by atoms with van der Waals surface area (Å²) in [6.07, 6.45) is 0.232. The van der Waals surface area contributed by atoms with Crippen LogP contribution in [0, 0.1) is 11.8 Å². The summed E-state index contributed by atoms with van der Waals surface area (Å²) >= 11 is 0. The molecule has 0 bridgehead atoms. The van der Waals surface area contributed by atoms with Crippen molar-refractivity contribution in [2.45, 2.75) is 13.3 Å². The molecule has 0 aromatic rings. The summed E-state index contributed by atoms with van der Waals surface area (Å²) in [4.78, 5) is 24.1. The highest BCUT2D eigenvalue weighted by atomic mass is 32.2. The number of amides is 2. The van der Waals surface area contributed by atoms with Crippen molar-refractivity contribution in [3.8, 4) is 0 Å². The highest BCUT2D eigenvalue weighted by Crippen LogP contribution is 2.22. The summed E-state index contributed by atoms with van der Waals surface area (Å²) in [5.41, 5.74) is 0. The number of likely N-dealkylation sites (tertiary alicyclic amines) is 1. The summed E-state index contributed by atoms with van der Waals surface area (Å²) < 4.78 is 21.4. The Bertz CT molecular complexity index is 450. The van der Waals surface area contributed by atoms with Crippen molar-refractivity contribution < 1.29 is 23.1 Å². The number of sulfonamides is 1. The Labute approximate surface area is 112 Å². The third kappa shape index (κ3) is 5.03. The molecule has 19 heavy (non-hydrogen) atoms. The zero-order valence-corrected chi connectivity index (χ0v) is 11.5. The minimum atomic E-state index is -3.51. The number of hydrogen-bond acceptors (Lipinski definition) is 4. The molecule has 0 aromatic carbocycles. The lowest BCUT2D eigenvalue weighted by atomic mass is 9.99. The number of aliphatic carboxylic acids is 1. The maximum atomic E-state index is 11.7. The van der Waals surface area contributed by atoms with Gasteiger partial charge in [-0.05, 0) is 12.3 Å². The van der Waals surface area contributed by atoms with Crippen molar-refractivity contribution in [3.05, 3.63) is 0 Å². The van der Waals surface area contributed by atoms with Gasteiger partial charge in [-0.3, -0.25) is 4.79 Å². The summed E-state index contributed by atoms with van der Waals surface area (Å²) in [6, 6.07) is -0.370. The van der Waals surface area contributed by atoms with Gasteiger partial charge in [-0.15, -0.1) is 0 Å². The van der Waals surface area contributed by atoms with Crippen LogP contribution < -0.4 is 10.5 Å². The molecular formula is C10H19N3O5S.